The number of hydrogen-bond donors (Lipinski definition) is 2. The average molecular weight is 359 g/mol. The fraction of sp³-hybridized carbons (Fsp3) is 0.231. The standard InChI is InChI=1S/C13H15BrN2O3S/c1-15-9-11-7-12(13(14)19-11)20(17,18)16-8-10-5-3-2-4-6-10/h2-7,15-16H,8-9H2,1H3. The summed E-state index contributed by atoms with van der Waals surface area (Å²) in [5.74, 6) is 0.555. The van der Waals surface area contributed by atoms with Crippen LogP contribution in [0.4, 0.5) is 0 Å². The highest BCUT2D eigenvalue weighted by atomic mass is 79.9. The van der Waals surface area contributed by atoms with Gasteiger partial charge in [-0.1, -0.05) is 30.3 Å². The Morgan fingerprint density at radius 1 is 1.20 bits per heavy atom. The van der Waals surface area contributed by atoms with Gasteiger partial charge in [0.2, 0.25) is 10.0 Å². The van der Waals surface area contributed by atoms with E-state index in [0.717, 1.165) is 5.56 Å². The molecule has 1 aromatic carbocycles. The lowest BCUT2D eigenvalue weighted by Crippen LogP contribution is -2.23. The van der Waals surface area contributed by atoms with Gasteiger partial charge in [0.05, 0.1) is 6.54 Å². The minimum Gasteiger partial charge on any atom is -0.452 e. The molecular weight excluding hydrogens is 344 g/mol. The zero-order valence-electron chi connectivity index (χ0n) is 10.9. The van der Waals surface area contributed by atoms with Crippen LogP contribution in [-0.2, 0) is 23.1 Å². The fourth-order valence-electron chi connectivity index (χ4n) is 1.69. The molecular formula is C13H15BrN2O3S. The minimum atomic E-state index is -3.61. The molecule has 0 aliphatic carbocycles. The molecule has 2 aromatic rings. The van der Waals surface area contributed by atoms with Crippen LogP contribution in [0.3, 0.4) is 0 Å². The van der Waals surface area contributed by atoms with Crippen LogP contribution in [0.15, 0.2) is 50.4 Å². The maximum atomic E-state index is 12.2. The van der Waals surface area contributed by atoms with Crippen molar-refractivity contribution >= 4 is 26.0 Å². The number of hydrogen-bond acceptors (Lipinski definition) is 4. The number of nitrogens with one attached hydrogen (secondary N) is 2. The maximum Gasteiger partial charge on any atom is 0.245 e. The fourth-order valence-corrected chi connectivity index (χ4v) is 3.71. The first-order valence-corrected chi connectivity index (χ1v) is 8.27. The molecule has 0 unspecified atom stereocenters. The lowest BCUT2D eigenvalue weighted by atomic mass is 10.2. The molecule has 0 amide bonds. The lowest BCUT2D eigenvalue weighted by molar-refractivity contribution is 0.470. The zero-order chi connectivity index (χ0) is 14.6. The van der Waals surface area contributed by atoms with Crippen LogP contribution in [-0.4, -0.2) is 15.5 Å². The monoisotopic (exact) mass is 358 g/mol. The highest BCUT2D eigenvalue weighted by Gasteiger charge is 2.22. The second-order valence-corrected chi connectivity index (χ2v) is 6.65. The number of furan rings is 1. The van der Waals surface area contributed by atoms with E-state index >= 15 is 0 Å². The molecule has 2 N–H and O–H groups in total. The van der Waals surface area contributed by atoms with Crippen molar-refractivity contribution in [3.63, 3.8) is 0 Å². The summed E-state index contributed by atoms with van der Waals surface area (Å²) in [6.45, 7) is 0.703. The molecule has 20 heavy (non-hydrogen) atoms. The van der Waals surface area contributed by atoms with Gasteiger partial charge in [-0.2, -0.15) is 0 Å². The topological polar surface area (TPSA) is 71.3 Å². The van der Waals surface area contributed by atoms with Crippen molar-refractivity contribution in [2.24, 2.45) is 0 Å². The van der Waals surface area contributed by atoms with Gasteiger partial charge < -0.3 is 9.73 Å². The van der Waals surface area contributed by atoms with Crippen molar-refractivity contribution in [3.05, 3.63) is 52.4 Å². The van der Waals surface area contributed by atoms with Crippen LogP contribution in [0.2, 0.25) is 0 Å². The molecule has 0 fully saturated rings. The van der Waals surface area contributed by atoms with E-state index in [1.54, 1.807) is 7.05 Å². The summed E-state index contributed by atoms with van der Waals surface area (Å²) >= 11 is 3.14. The lowest BCUT2D eigenvalue weighted by Gasteiger charge is -2.05. The highest BCUT2D eigenvalue weighted by molar-refractivity contribution is 9.10. The van der Waals surface area contributed by atoms with Gasteiger partial charge in [0.1, 0.15) is 10.7 Å². The van der Waals surface area contributed by atoms with E-state index in [-0.39, 0.29) is 16.1 Å². The van der Waals surface area contributed by atoms with Gasteiger partial charge in [0.25, 0.3) is 0 Å². The van der Waals surface area contributed by atoms with E-state index in [0.29, 0.717) is 12.3 Å². The Morgan fingerprint density at radius 3 is 2.55 bits per heavy atom. The third kappa shape index (κ3) is 3.69. The Bertz CT molecular complexity index is 668. The quantitative estimate of drug-likeness (QED) is 0.830. The average Bonchev–Trinajstić information content (AvgIpc) is 2.80. The first-order chi connectivity index (χ1) is 9.53. The summed E-state index contributed by atoms with van der Waals surface area (Å²) < 4.78 is 32.5. The van der Waals surface area contributed by atoms with Crippen molar-refractivity contribution in [1.29, 1.82) is 0 Å². The molecule has 108 valence electrons. The second-order valence-electron chi connectivity index (χ2n) is 4.19. The van der Waals surface area contributed by atoms with Crippen molar-refractivity contribution < 1.29 is 12.8 Å². The molecule has 1 heterocycles. The summed E-state index contributed by atoms with van der Waals surface area (Å²) in [5.41, 5.74) is 0.895. The molecule has 0 aliphatic rings. The van der Waals surface area contributed by atoms with Crippen molar-refractivity contribution in [3.8, 4) is 0 Å². The Morgan fingerprint density at radius 2 is 1.90 bits per heavy atom. The van der Waals surface area contributed by atoms with E-state index in [4.69, 9.17) is 4.42 Å². The van der Waals surface area contributed by atoms with Gasteiger partial charge in [0.15, 0.2) is 4.67 Å². The predicted molar refractivity (Wildman–Crippen MR) is 79.6 cm³/mol. The summed E-state index contributed by atoms with van der Waals surface area (Å²) in [6, 6.07) is 10.8. The largest absolute Gasteiger partial charge is 0.452 e. The SMILES string of the molecule is CNCc1cc(S(=O)(=O)NCc2ccccc2)c(Br)o1. The Balaban J connectivity index is 2.14. The Kier molecular flexibility index (Phi) is 4.98. The van der Waals surface area contributed by atoms with Crippen molar-refractivity contribution in [2.45, 2.75) is 18.0 Å². The first-order valence-electron chi connectivity index (χ1n) is 5.99. The van der Waals surface area contributed by atoms with Crippen molar-refractivity contribution in [1.82, 2.24) is 10.0 Å². The molecule has 2 rings (SSSR count). The van der Waals surface area contributed by atoms with E-state index in [9.17, 15) is 8.42 Å². The van der Waals surface area contributed by atoms with Crippen LogP contribution < -0.4 is 10.0 Å². The third-order valence-corrected chi connectivity index (χ3v) is 4.91. The first kappa shape index (κ1) is 15.2. The summed E-state index contributed by atoms with van der Waals surface area (Å²) in [6.07, 6.45) is 0. The molecule has 1 aromatic heterocycles. The Hall–Kier alpha value is -1.15. The van der Waals surface area contributed by atoms with E-state index < -0.39 is 10.0 Å². The van der Waals surface area contributed by atoms with Gasteiger partial charge in [-0.3, -0.25) is 0 Å². The molecule has 7 heteroatoms. The van der Waals surface area contributed by atoms with Crippen LogP contribution in [0.25, 0.3) is 0 Å². The van der Waals surface area contributed by atoms with Gasteiger partial charge in [-0.15, -0.1) is 0 Å². The molecule has 0 radical (unpaired) electrons. The molecule has 0 saturated carbocycles. The minimum absolute atomic E-state index is 0.110. The molecule has 5 nitrogen and oxygen atoms in total. The van der Waals surface area contributed by atoms with E-state index in [1.165, 1.54) is 6.07 Å². The van der Waals surface area contributed by atoms with Gasteiger partial charge in [0, 0.05) is 12.6 Å². The predicted octanol–water partition coefficient (Wildman–Crippen LogP) is 2.24. The normalized spacial score (nSPS) is 11.7. The summed E-state index contributed by atoms with van der Waals surface area (Å²) in [7, 11) is -1.84. The molecule has 0 bridgehead atoms. The van der Waals surface area contributed by atoms with Crippen LogP contribution in [0.5, 0.6) is 0 Å². The molecule has 0 aliphatic heterocycles. The van der Waals surface area contributed by atoms with Gasteiger partial charge in [-0.25, -0.2) is 13.1 Å². The number of rotatable bonds is 6. The van der Waals surface area contributed by atoms with Crippen LogP contribution >= 0.6 is 15.9 Å². The number of halogens is 1. The van der Waals surface area contributed by atoms with Crippen LogP contribution in [0.1, 0.15) is 11.3 Å². The van der Waals surface area contributed by atoms with Gasteiger partial charge in [-0.05, 0) is 28.5 Å². The third-order valence-electron chi connectivity index (χ3n) is 2.66. The van der Waals surface area contributed by atoms with E-state index in [2.05, 4.69) is 26.0 Å². The molecule has 0 saturated heterocycles. The van der Waals surface area contributed by atoms with Crippen molar-refractivity contribution in [2.75, 3.05) is 7.05 Å². The number of sulfonamides is 1. The Labute approximate surface area is 126 Å². The molecule has 0 atom stereocenters. The van der Waals surface area contributed by atoms with Gasteiger partial charge >= 0.3 is 0 Å². The van der Waals surface area contributed by atoms with E-state index in [1.807, 2.05) is 30.3 Å². The maximum absolute atomic E-state index is 12.2. The summed E-state index contributed by atoms with van der Waals surface area (Å²) in [4.78, 5) is 0.110. The number of benzene rings is 1. The zero-order valence-corrected chi connectivity index (χ0v) is 13.3. The molecule has 0 spiro atoms. The summed E-state index contributed by atoms with van der Waals surface area (Å²) in [5, 5.41) is 2.90. The van der Waals surface area contributed by atoms with Crippen LogP contribution in [0, 0.1) is 0 Å². The second kappa shape index (κ2) is 6.53. The highest BCUT2D eigenvalue weighted by Crippen LogP contribution is 2.26. The smallest absolute Gasteiger partial charge is 0.245 e.